The third-order valence-corrected chi connectivity index (χ3v) is 8.34. The largest absolute Gasteiger partial charge is 0.489 e. The van der Waals surface area contributed by atoms with E-state index in [0.29, 0.717) is 46.6 Å². The van der Waals surface area contributed by atoms with Crippen LogP contribution in [0.4, 0.5) is 5.69 Å². The van der Waals surface area contributed by atoms with Gasteiger partial charge in [0.2, 0.25) is 21.8 Å². The molecule has 0 unspecified atom stereocenters. The van der Waals surface area contributed by atoms with Gasteiger partial charge in [0.05, 0.1) is 22.0 Å². The minimum Gasteiger partial charge on any atom is -0.489 e. The van der Waals surface area contributed by atoms with Gasteiger partial charge in [-0.1, -0.05) is 80.4 Å². The Bertz CT molecular complexity index is 1450. The smallest absolute Gasteiger partial charge is 0.244 e. The molecule has 8 nitrogen and oxygen atoms in total. The summed E-state index contributed by atoms with van der Waals surface area (Å²) in [5, 5.41) is 3.57. The molecule has 0 aliphatic carbocycles. The number of carbonyl (C=O) groups is 2. The fraction of sp³-hybridized carbons (Fsp3) is 0.355. The lowest BCUT2D eigenvalue weighted by atomic mass is 10.1. The standard InChI is InChI=1S/C31H37Cl2N3O5S/c1-5-29(31(38)34-18-22(2)3)35(19-24-11-16-27(32)28(33)17-24)30(37)20-36(42(4,39)40)25-12-14-26(15-13-25)41-21-23-9-7-6-8-10-23/h6-17,22,29H,5,18-21H2,1-4H3,(H,34,38)/t29-/m1/s1. The van der Waals surface area contributed by atoms with Crippen LogP contribution in [0.1, 0.15) is 38.3 Å². The summed E-state index contributed by atoms with van der Waals surface area (Å²) in [6.07, 6.45) is 1.36. The van der Waals surface area contributed by atoms with Crippen LogP contribution in [0.5, 0.6) is 5.75 Å². The molecular formula is C31H37Cl2N3O5S. The molecule has 226 valence electrons. The van der Waals surface area contributed by atoms with Crippen LogP contribution >= 0.6 is 23.2 Å². The zero-order valence-electron chi connectivity index (χ0n) is 24.2. The van der Waals surface area contributed by atoms with Gasteiger partial charge in [-0.2, -0.15) is 0 Å². The summed E-state index contributed by atoms with van der Waals surface area (Å²) in [4.78, 5) is 28.4. The third kappa shape index (κ3) is 9.64. The number of anilines is 1. The summed E-state index contributed by atoms with van der Waals surface area (Å²) in [6, 6.07) is 20.3. The second kappa shape index (κ2) is 15.3. The van der Waals surface area contributed by atoms with Gasteiger partial charge in [0.15, 0.2) is 0 Å². The first-order valence-corrected chi connectivity index (χ1v) is 16.2. The van der Waals surface area contributed by atoms with Gasteiger partial charge < -0.3 is 15.0 Å². The van der Waals surface area contributed by atoms with Gasteiger partial charge in [-0.25, -0.2) is 8.42 Å². The Balaban J connectivity index is 1.86. The second-order valence-corrected chi connectivity index (χ2v) is 13.1. The molecule has 0 bridgehead atoms. The Labute approximate surface area is 258 Å². The molecule has 0 aliphatic heterocycles. The second-order valence-electron chi connectivity index (χ2n) is 10.4. The molecule has 3 aromatic carbocycles. The minimum absolute atomic E-state index is 0.0349. The van der Waals surface area contributed by atoms with Gasteiger partial charge in [0.1, 0.15) is 24.9 Å². The lowest BCUT2D eigenvalue weighted by Crippen LogP contribution is -2.52. The molecule has 0 spiro atoms. The van der Waals surface area contributed by atoms with Crippen molar-refractivity contribution in [3.05, 3.63) is 94.0 Å². The lowest BCUT2D eigenvalue weighted by Gasteiger charge is -2.33. The van der Waals surface area contributed by atoms with E-state index in [1.54, 1.807) is 49.4 Å². The van der Waals surface area contributed by atoms with Crippen molar-refractivity contribution in [1.82, 2.24) is 10.2 Å². The van der Waals surface area contributed by atoms with Crippen LogP contribution in [-0.4, -0.2) is 50.5 Å². The first kappa shape index (κ1) is 33.2. The van der Waals surface area contributed by atoms with Gasteiger partial charge in [0, 0.05) is 13.1 Å². The van der Waals surface area contributed by atoms with Gasteiger partial charge in [-0.15, -0.1) is 0 Å². The zero-order chi connectivity index (χ0) is 30.9. The van der Waals surface area contributed by atoms with Gasteiger partial charge in [0.25, 0.3) is 0 Å². The fourth-order valence-electron chi connectivity index (χ4n) is 4.24. The minimum atomic E-state index is -3.87. The number of nitrogens with one attached hydrogen (secondary N) is 1. The number of hydrogen-bond acceptors (Lipinski definition) is 5. The van der Waals surface area contributed by atoms with Crippen LogP contribution < -0.4 is 14.4 Å². The van der Waals surface area contributed by atoms with Crippen molar-refractivity contribution in [2.45, 2.75) is 46.4 Å². The van der Waals surface area contributed by atoms with Crippen LogP contribution in [-0.2, 0) is 32.8 Å². The molecule has 0 fully saturated rings. The molecule has 0 heterocycles. The number of benzene rings is 3. The maximum atomic E-state index is 13.9. The van der Waals surface area contributed by atoms with Crippen LogP contribution in [0.2, 0.25) is 10.0 Å². The summed E-state index contributed by atoms with van der Waals surface area (Å²) in [7, 11) is -3.87. The molecule has 0 saturated carbocycles. The van der Waals surface area contributed by atoms with Crippen molar-refractivity contribution < 1.29 is 22.7 Å². The van der Waals surface area contributed by atoms with Crippen molar-refractivity contribution >= 4 is 50.7 Å². The van der Waals surface area contributed by atoms with Crippen molar-refractivity contribution in [3.63, 3.8) is 0 Å². The van der Waals surface area contributed by atoms with Crippen molar-refractivity contribution in [2.75, 3.05) is 23.7 Å². The van der Waals surface area contributed by atoms with Crippen molar-refractivity contribution in [3.8, 4) is 5.75 Å². The fourth-order valence-corrected chi connectivity index (χ4v) is 5.41. The molecule has 2 amide bonds. The average molecular weight is 635 g/mol. The summed E-state index contributed by atoms with van der Waals surface area (Å²) in [5.74, 6) is -0.0876. The molecule has 0 saturated heterocycles. The molecule has 0 aliphatic rings. The van der Waals surface area contributed by atoms with Crippen molar-refractivity contribution in [1.29, 1.82) is 0 Å². The van der Waals surface area contributed by atoms with E-state index in [1.165, 1.54) is 4.90 Å². The van der Waals surface area contributed by atoms with Gasteiger partial charge in [-0.3, -0.25) is 13.9 Å². The summed E-state index contributed by atoms with van der Waals surface area (Å²) >= 11 is 12.3. The molecule has 3 rings (SSSR count). The highest BCUT2D eigenvalue weighted by atomic mass is 35.5. The van der Waals surface area contributed by atoms with Crippen LogP contribution in [0, 0.1) is 5.92 Å². The van der Waals surface area contributed by atoms with Gasteiger partial charge >= 0.3 is 0 Å². The van der Waals surface area contributed by atoms with E-state index in [0.717, 1.165) is 16.1 Å². The molecule has 11 heteroatoms. The van der Waals surface area contributed by atoms with E-state index in [-0.39, 0.29) is 18.4 Å². The monoisotopic (exact) mass is 633 g/mol. The molecule has 0 radical (unpaired) electrons. The highest BCUT2D eigenvalue weighted by Crippen LogP contribution is 2.26. The number of sulfonamides is 1. The Morgan fingerprint density at radius 3 is 2.17 bits per heavy atom. The Morgan fingerprint density at radius 1 is 0.929 bits per heavy atom. The maximum absolute atomic E-state index is 13.9. The Kier molecular flexibility index (Phi) is 12.1. The van der Waals surface area contributed by atoms with E-state index in [2.05, 4.69) is 5.32 Å². The van der Waals surface area contributed by atoms with Gasteiger partial charge in [-0.05, 0) is 59.9 Å². The Hall–Kier alpha value is -3.27. The maximum Gasteiger partial charge on any atom is 0.244 e. The Morgan fingerprint density at radius 2 is 1.60 bits per heavy atom. The van der Waals surface area contributed by atoms with E-state index in [4.69, 9.17) is 27.9 Å². The number of hydrogen-bond donors (Lipinski definition) is 1. The molecule has 1 atom stereocenters. The number of halogens is 2. The summed E-state index contributed by atoms with van der Waals surface area (Å²) < 4.78 is 32.6. The number of nitrogens with zero attached hydrogens (tertiary/aromatic N) is 2. The molecule has 3 aromatic rings. The average Bonchev–Trinajstić information content (AvgIpc) is 2.95. The lowest BCUT2D eigenvalue weighted by molar-refractivity contribution is -0.140. The molecule has 42 heavy (non-hydrogen) atoms. The number of carbonyl (C=O) groups excluding carboxylic acids is 2. The van der Waals surface area contributed by atoms with Crippen LogP contribution in [0.25, 0.3) is 0 Å². The SMILES string of the molecule is CC[C@H](C(=O)NCC(C)C)N(Cc1ccc(Cl)c(Cl)c1)C(=O)CN(c1ccc(OCc2ccccc2)cc1)S(C)(=O)=O. The first-order chi connectivity index (χ1) is 19.9. The topological polar surface area (TPSA) is 96.0 Å². The number of rotatable bonds is 14. The summed E-state index contributed by atoms with van der Waals surface area (Å²) in [5.41, 5.74) is 1.94. The van der Waals surface area contributed by atoms with E-state index < -0.39 is 28.5 Å². The van der Waals surface area contributed by atoms with E-state index in [9.17, 15) is 18.0 Å². The molecule has 1 N–H and O–H groups in total. The van der Waals surface area contributed by atoms with Crippen molar-refractivity contribution in [2.24, 2.45) is 5.92 Å². The third-order valence-electron chi connectivity index (χ3n) is 6.46. The zero-order valence-corrected chi connectivity index (χ0v) is 26.5. The number of ether oxygens (including phenoxy) is 1. The van der Waals surface area contributed by atoms with E-state index >= 15 is 0 Å². The van der Waals surface area contributed by atoms with Crippen LogP contribution in [0.3, 0.4) is 0 Å². The molecular weight excluding hydrogens is 597 g/mol. The normalized spacial score (nSPS) is 12.1. The number of amides is 2. The highest BCUT2D eigenvalue weighted by Gasteiger charge is 2.32. The summed E-state index contributed by atoms with van der Waals surface area (Å²) in [6.45, 7) is 6.08. The molecule has 0 aromatic heterocycles. The first-order valence-electron chi connectivity index (χ1n) is 13.6. The predicted octanol–water partition coefficient (Wildman–Crippen LogP) is 5.92. The predicted molar refractivity (Wildman–Crippen MR) is 168 cm³/mol. The quantitative estimate of drug-likeness (QED) is 0.238. The van der Waals surface area contributed by atoms with E-state index in [1.807, 2.05) is 44.2 Å². The highest BCUT2D eigenvalue weighted by molar-refractivity contribution is 7.92. The van der Waals surface area contributed by atoms with Crippen LogP contribution in [0.15, 0.2) is 72.8 Å².